The standard InChI is InChI=1S/C20H25N3O3/c1-3-11-23-19(25)17(14-16-7-5-4-6-8-16)21-20(23)9-12-22(13-10-20)18(24)15-26-2/h1,4-8,17,21H,9-15H2,2H3. The lowest BCUT2D eigenvalue weighted by Gasteiger charge is -2.44. The van der Waals surface area contributed by atoms with E-state index in [1.54, 1.807) is 9.80 Å². The van der Waals surface area contributed by atoms with Crippen LogP contribution in [0.15, 0.2) is 30.3 Å². The van der Waals surface area contributed by atoms with Crippen molar-refractivity contribution in [1.29, 1.82) is 0 Å². The van der Waals surface area contributed by atoms with E-state index in [4.69, 9.17) is 11.2 Å². The monoisotopic (exact) mass is 355 g/mol. The van der Waals surface area contributed by atoms with Crippen LogP contribution in [0.1, 0.15) is 18.4 Å². The van der Waals surface area contributed by atoms with Crippen LogP contribution in [0.3, 0.4) is 0 Å². The first-order valence-electron chi connectivity index (χ1n) is 8.93. The zero-order chi connectivity index (χ0) is 18.6. The minimum absolute atomic E-state index is 0.0176. The summed E-state index contributed by atoms with van der Waals surface area (Å²) >= 11 is 0. The summed E-state index contributed by atoms with van der Waals surface area (Å²) in [5.41, 5.74) is 0.649. The van der Waals surface area contributed by atoms with E-state index in [9.17, 15) is 9.59 Å². The average Bonchev–Trinajstić information content (AvgIpc) is 2.89. The van der Waals surface area contributed by atoms with Gasteiger partial charge in [0.15, 0.2) is 0 Å². The average molecular weight is 355 g/mol. The summed E-state index contributed by atoms with van der Waals surface area (Å²) in [6, 6.07) is 9.68. The van der Waals surface area contributed by atoms with Gasteiger partial charge in [-0.3, -0.25) is 14.9 Å². The van der Waals surface area contributed by atoms with Crippen molar-refractivity contribution in [1.82, 2.24) is 15.1 Å². The van der Waals surface area contributed by atoms with Gasteiger partial charge in [0.2, 0.25) is 11.8 Å². The van der Waals surface area contributed by atoms with Crippen LogP contribution < -0.4 is 5.32 Å². The number of amides is 2. The van der Waals surface area contributed by atoms with Gasteiger partial charge in [-0.1, -0.05) is 36.3 Å². The van der Waals surface area contributed by atoms with Gasteiger partial charge in [0.05, 0.1) is 18.2 Å². The molecule has 2 saturated heterocycles. The van der Waals surface area contributed by atoms with E-state index in [0.29, 0.717) is 32.4 Å². The molecule has 2 aliphatic rings. The number of rotatable bonds is 5. The van der Waals surface area contributed by atoms with Crippen molar-refractivity contribution in [3.8, 4) is 12.3 Å². The molecular weight excluding hydrogens is 330 g/mol. The first-order chi connectivity index (χ1) is 12.6. The smallest absolute Gasteiger partial charge is 0.248 e. The molecule has 26 heavy (non-hydrogen) atoms. The lowest BCUT2D eigenvalue weighted by atomic mass is 9.95. The van der Waals surface area contributed by atoms with Crippen molar-refractivity contribution in [2.75, 3.05) is 33.4 Å². The summed E-state index contributed by atoms with van der Waals surface area (Å²) in [4.78, 5) is 28.6. The van der Waals surface area contributed by atoms with Crippen LogP contribution in [0.5, 0.6) is 0 Å². The Kier molecular flexibility index (Phi) is 5.60. The SMILES string of the molecule is C#CCN1C(=O)C(Cc2ccccc2)NC12CCN(C(=O)COC)CC2. The second-order valence-electron chi connectivity index (χ2n) is 6.86. The first kappa shape index (κ1) is 18.4. The van der Waals surface area contributed by atoms with E-state index in [1.165, 1.54) is 7.11 Å². The molecule has 0 bridgehead atoms. The second kappa shape index (κ2) is 7.90. The van der Waals surface area contributed by atoms with Crippen molar-refractivity contribution in [2.45, 2.75) is 31.0 Å². The summed E-state index contributed by atoms with van der Waals surface area (Å²) < 4.78 is 4.94. The lowest BCUT2D eigenvalue weighted by Crippen LogP contribution is -2.60. The third kappa shape index (κ3) is 3.59. The Bertz CT molecular complexity index is 690. The zero-order valence-corrected chi connectivity index (χ0v) is 15.1. The quantitative estimate of drug-likeness (QED) is 0.787. The van der Waals surface area contributed by atoms with Gasteiger partial charge in [-0.25, -0.2) is 0 Å². The highest BCUT2D eigenvalue weighted by atomic mass is 16.5. The Labute approximate surface area is 154 Å². The summed E-state index contributed by atoms with van der Waals surface area (Å²) in [6.07, 6.45) is 7.49. The number of benzene rings is 1. The summed E-state index contributed by atoms with van der Waals surface area (Å²) in [5, 5.41) is 3.54. The Hall–Kier alpha value is -2.36. The molecule has 6 nitrogen and oxygen atoms in total. The van der Waals surface area contributed by atoms with Gasteiger partial charge in [-0.05, 0) is 12.0 Å². The highest BCUT2D eigenvalue weighted by molar-refractivity contribution is 5.86. The molecule has 1 atom stereocenters. The number of ether oxygens (including phenoxy) is 1. The molecule has 3 rings (SSSR count). The van der Waals surface area contributed by atoms with Crippen molar-refractivity contribution < 1.29 is 14.3 Å². The van der Waals surface area contributed by atoms with Crippen LogP contribution >= 0.6 is 0 Å². The van der Waals surface area contributed by atoms with Crippen LogP contribution in [0.25, 0.3) is 0 Å². The fraction of sp³-hybridized carbons (Fsp3) is 0.500. The molecule has 1 aromatic carbocycles. The number of piperidine rings is 1. The molecule has 0 saturated carbocycles. The number of methoxy groups -OCH3 is 1. The molecule has 6 heteroatoms. The molecule has 1 unspecified atom stereocenters. The zero-order valence-electron chi connectivity index (χ0n) is 15.1. The molecule has 2 heterocycles. The number of hydrogen-bond acceptors (Lipinski definition) is 4. The van der Waals surface area contributed by atoms with Gasteiger partial charge in [-0.15, -0.1) is 6.42 Å². The normalized spacial score (nSPS) is 21.8. The number of likely N-dealkylation sites (tertiary alicyclic amines) is 1. The van der Waals surface area contributed by atoms with Crippen LogP contribution in [-0.4, -0.2) is 66.7 Å². The predicted molar refractivity (Wildman–Crippen MR) is 98.0 cm³/mol. The van der Waals surface area contributed by atoms with E-state index < -0.39 is 5.66 Å². The molecule has 1 N–H and O–H groups in total. The topological polar surface area (TPSA) is 61.9 Å². The van der Waals surface area contributed by atoms with E-state index >= 15 is 0 Å². The van der Waals surface area contributed by atoms with E-state index in [1.807, 2.05) is 30.3 Å². The van der Waals surface area contributed by atoms with E-state index in [2.05, 4.69) is 11.2 Å². The van der Waals surface area contributed by atoms with Crippen molar-refractivity contribution in [3.05, 3.63) is 35.9 Å². The number of carbonyl (C=O) groups excluding carboxylic acids is 2. The molecule has 2 amide bonds. The molecule has 1 spiro atoms. The molecule has 138 valence electrons. The Morgan fingerprint density at radius 3 is 2.65 bits per heavy atom. The molecule has 2 aliphatic heterocycles. The maximum absolute atomic E-state index is 13.0. The predicted octanol–water partition coefficient (Wildman–Crippen LogP) is 0.628. The van der Waals surface area contributed by atoms with Crippen LogP contribution in [-0.2, 0) is 20.7 Å². The van der Waals surface area contributed by atoms with Gasteiger partial charge >= 0.3 is 0 Å². The fourth-order valence-corrected chi connectivity index (χ4v) is 3.93. The van der Waals surface area contributed by atoms with Crippen LogP contribution in [0, 0.1) is 12.3 Å². The minimum Gasteiger partial charge on any atom is -0.375 e. The number of carbonyl (C=O) groups is 2. The van der Waals surface area contributed by atoms with Gasteiger partial charge in [0, 0.05) is 33.0 Å². The Morgan fingerprint density at radius 2 is 2.04 bits per heavy atom. The molecule has 0 radical (unpaired) electrons. The second-order valence-corrected chi connectivity index (χ2v) is 6.86. The Balaban J connectivity index is 1.73. The Morgan fingerprint density at radius 1 is 1.35 bits per heavy atom. The highest BCUT2D eigenvalue weighted by Gasteiger charge is 2.51. The molecule has 0 aliphatic carbocycles. The molecule has 1 aromatic rings. The summed E-state index contributed by atoms with van der Waals surface area (Å²) in [5.74, 6) is 2.64. The van der Waals surface area contributed by atoms with E-state index in [0.717, 1.165) is 5.56 Å². The highest BCUT2D eigenvalue weighted by Crippen LogP contribution is 2.33. The van der Waals surface area contributed by atoms with Gasteiger partial charge in [0.1, 0.15) is 6.61 Å². The van der Waals surface area contributed by atoms with Gasteiger partial charge in [0.25, 0.3) is 0 Å². The van der Waals surface area contributed by atoms with Crippen LogP contribution in [0.4, 0.5) is 0 Å². The lowest BCUT2D eigenvalue weighted by molar-refractivity contribution is -0.139. The third-order valence-electron chi connectivity index (χ3n) is 5.27. The number of hydrogen-bond donors (Lipinski definition) is 1. The van der Waals surface area contributed by atoms with Crippen molar-refractivity contribution in [2.24, 2.45) is 0 Å². The fourth-order valence-electron chi connectivity index (χ4n) is 3.93. The molecular formula is C20H25N3O3. The summed E-state index contributed by atoms with van der Waals surface area (Å²) in [6.45, 7) is 1.54. The number of nitrogens with zero attached hydrogens (tertiary/aromatic N) is 2. The molecule has 0 aromatic heterocycles. The maximum atomic E-state index is 13.0. The maximum Gasteiger partial charge on any atom is 0.248 e. The first-order valence-corrected chi connectivity index (χ1v) is 8.93. The van der Waals surface area contributed by atoms with Gasteiger partial charge in [-0.2, -0.15) is 0 Å². The molecule has 2 fully saturated rings. The number of nitrogens with one attached hydrogen (secondary N) is 1. The largest absolute Gasteiger partial charge is 0.375 e. The van der Waals surface area contributed by atoms with Crippen molar-refractivity contribution in [3.63, 3.8) is 0 Å². The van der Waals surface area contributed by atoms with Crippen LogP contribution in [0.2, 0.25) is 0 Å². The van der Waals surface area contributed by atoms with Gasteiger partial charge < -0.3 is 14.5 Å². The minimum atomic E-state index is -0.466. The van der Waals surface area contributed by atoms with Crippen molar-refractivity contribution >= 4 is 11.8 Å². The third-order valence-corrected chi connectivity index (χ3v) is 5.27. The summed E-state index contributed by atoms with van der Waals surface area (Å²) in [7, 11) is 1.52. The number of terminal acetylenes is 1. The van der Waals surface area contributed by atoms with E-state index in [-0.39, 0.29) is 31.0 Å².